The summed E-state index contributed by atoms with van der Waals surface area (Å²) in [5.41, 5.74) is 1.85. The Morgan fingerprint density at radius 3 is 2.74 bits per heavy atom. The van der Waals surface area contributed by atoms with E-state index in [9.17, 15) is 4.79 Å². The number of rotatable bonds is 3. The van der Waals surface area contributed by atoms with Gasteiger partial charge in [0, 0.05) is 5.56 Å². The van der Waals surface area contributed by atoms with E-state index in [4.69, 9.17) is 9.47 Å². The average Bonchev–Trinajstić information content (AvgIpc) is 2.41. The van der Waals surface area contributed by atoms with Gasteiger partial charge in [-0.25, -0.2) is 4.79 Å². The number of aliphatic imine (C=N–C) groups is 1. The van der Waals surface area contributed by atoms with E-state index in [0.717, 1.165) is 48.3 Å². The van der Waals surface area contributed by atoms with Crippen molar-refractivity contribution >= 4 is 6.08 Å². The standard InChI is InChI=1S/C15H17NO3/c1-2-11-12(15(16-10-17)6-3-7-15)4-5-13-14(11)19-9-8-18-13/h4-5H,2-3,6-9H2,1H3. The van der Waals surface area contributed by atoms with Gasteiger partial charge >= 0.3 is 0 Å². The number of ether oxygens (including phenoxy) is 2. The minimum atomic E-state index is -0.372. The second-order valence-electron chi connectivity index (χ2n) is 5.06. The first-order chi connectivity index (χ1) is 9.30. The molecule has 1 aromatic carbocycles. The predicted octanol–water partition coefficient (Wildman–Crippen LogP) is 2.74. The molecule has 0 unspecified atom stereocenters. The van der Waals surface area contributed by atoms with Gasteiger partial charge in [-0.15, -0.1) is 0 Å². The molecule has 4 nitrogen and oxygen atoms in total. The van der Waals surface area contributed by atoms with Gasteiger partial charge in [-0.1, -0.05) is 13.0 Å². The van der Waals surface area contributed by atoms with Gasteiger partial charge in [-0.2, -0.15) is 4.99 Å². The fourth-order valence-corrected chi connectivity index (χ4v) is 3.00. The van der Waals surface area contributed by atoms with E-state index in [-0.39, 0.29) is 5.54 Å². The van der Waals surface area contributed by atoms with Gasteiger partial charge in [0.05, 0.1) is 5.54 Å². The quantitative estimate of drug-likeness (QED) is 0.619. The van der Waals surface area contributed by atoms with Crippen LogP contribution in [0.25, 0.3) is 0 Å². The van der Waals surface area contributed by atoms with Crippen molar-refractivity contribution in [3.8, 4) is 11.5 Å². The van der Waals surface area contributed by atoms with Crippen molar-refractivity contribution in [3.63, 3.8) is 0 Å². The lowest BCUT2D eigenvalue weighted by molar-refractivity contribution is 0.168. The van der Waals surface area contributed by atoms with Gasteiger partial charge in [-0.05, 0) is 37.3 Å². The Morgan fingerprint density at radius 2 is 2.11 bits per heavy atom. The van der Waals surface area contributed by atoms with E-state index < -0.39 is 0 Å². The number of hydrogen-bond donors (Lipinski definition) is 0. The summed E-state index contributed by atoms with van der Waals surface area (Å²) in [6, 6.07) is 3.97. The fourth-order valence-electron chi connectivity index (χ4n) is 3.00. The average molecular weight is 259 g/mol. The Morgan fingerprint density at radius 1 is 1.32 bits per heavy atom. The Labute approximate surface area is 112 Å². The third kappa shape index (κ3) is 1.83. The van der Waals surface area contributed by atoms with Crippen LogP contribution in [0.3, 0.4) is 0 Å². The van der Waals surface area contributed by atoms with E-state index in [1.54, 1.807) is 6.08 Å². The molecular weight excluding hydrogens is 242 g/mol. The van der Waals surface area contributed by atoms with Crippen LogP contribution < -0.4 is 9.47 Å². The van der Waals surface area contributed by atoms with Crippen molar-refractivity contribution < 1.29 is 14.3 Å². The minimum absolute atomic E-state index is 0.372. The first-order valence-corrected chi connectivity index (χ1v) is 6.82. The highest BCUT2D eigenvalue weighted by atomic mass is 16.6. The molecule has 0 amide bonds. The normalized spacial score (nSPS) is 19.2. The largest absolute Gasteiger partial charge is 0.486 e. The van der Waals surface area contributed by atoms with E-state index in [0.29, 0.717) is 13.2 Å². The molecule has 1 heterocycles. The zero-order chi connectivity index (χ0) is 13.3. The second kappa shape index (κ2) is 4.71. The van der Waals surface area contributed by atoms with Gasteiger partial charge in [-0.3, -0.25) is 0 Å². The fraction of sp³-hybridized carbons (Fsp3) is 0.533. The van der Waals surface area contributed by atoms with Crippen molar-refractivity contribution in [1.82, 2.24) is 0 Å². The van der Waals surface area contributed by atoms with Gasteiger partial charge in [0.1, 0.15) is 13.2 Å². The van der Waals surface area contributed by atoms with Gasteiger partial charge in [0.25, 0.3) is 0 Å². The summed E-state index contributed by atoms with van der Waals surface area (Å²) >= 11 is 0. The lowest BCUT2D eigenvalue weighted by atomic mass is 9.70. The molecule has 0 aromatic heterocycles. The first kappa shape index (κ1) is 12.2. The van der Waals surface area contributed by atoms with Gasteiger partial charge in [0.2, 0.25) is 6.08 Å². The maximum absolute atomic E-state index is 10.7. The number of nitrogens with zero attached hydrogens (tertiary/aromatic N) is 1. The Bertz CT molecular complexity index is 543. The van der Waals surface area contributed by atoms with Crippen molar-refractivity contribution in [2.75, 3.05) is 13.2 Å². The topological polar surface area (TPSA) is 47.9 Å². The van der Waals surface area contributed by atoms with Crippen LogP contribution in [0.15, 0.2) is 17.1 Å². The number of benzene rings is 1. The molecule has 0 radical (unpaired) electrons. The third-order valence-electron chi connectivity index (χ3n) is 4.11. The van der Waals surface area contributed by atoms with Crippen LogP contribution in [0.2, 0.25) is 0 Å². The van der Waals surface area contributed by atoms with Crippen LogP contribution in [-0.4, -0.2) is 19.3 Å². The summed E-state index contributed by atoms with van der Waals surface area (Å²) in [4.78, 5) is 14.8. The summed E-state index contributed by atoms with van der Waals surface area (Å²) < 4.78 is 11.4. The molecule has 0 spiro atoms. The summed E-state index contributed by atoms with van der Waals surface area (Å²) in [7, 11) is 0. The zero-order valence-electron chi connectivity index (χ0n) is 11.1. The maximum atomic E-state index is 10.7. The molecule has 1 aromatic rings. The lowest BCUT2D eigenvalue weighted by Gasteiger charge is -2.39. The highest BCUT2D eigenvalue weighted by Gasteiger charge is 2.41. The second-order valence-corrected chi connectivity index (χ2v) is 5.06. The van der Waals surface area contributed by atoms with Crippen LogP contribution in [-0.2, 0) is 16.8 Å². The smallest absolute Gasteiger partial charge is 0.235 e. The van der Waals surface area contributed by atoms with E-state index in [1.165, 1.54) is 0 Å². The van der Waals surface area contributed by atoms with Crippen LogP contribution in [0.5, 0.6) is 11.5 Å². The Hall–Kier alpha value is -1.80. The predicted molar refractivity (Wildman–Crippen MR) is 70.5 cm³/mol. The van der Waals surface area contributed by atoms with Crippen LogP contribution in [0, 0.1) is 0 Å². The highest BCUT2D eigenvalue weighted by molar-refractivity contribution is 5.55. The minimum Gasteiger partial charge on any atom is -0.486 e. The van der Waals surface area contributed by atoms with Crippen molar-refractivity contribution in [1.29, 1.82) is 0 Å². The molecule has 3 rings (SSSR count). The van der Waals surface area contributed by atoms with E-state index in [2.05, 4.69) is 11.9 Å². The molecule has 2 aliphatic rings. The highest BCUT2D eigenvalue weighted by Crippen LogP contribution is 2.49. The molecule has 4 heteroatoms. The van der Waals surface area contributed by atoms with Crippen LogP contribution in [0.4, 0.5) is 0 Å². The Kier molecular flexibility index (Phi) is 3.03. The van der Waals surface area contributed by atoms with E-state index in [1.807, 2.05) is 12.1 Å². The van der Waals surface area contributed by atoms with Crippen molar-refractivity contribution in [2.45, 2.75) is 38.1 Å². The zero-order valence-corrected chi connectivity index (χ0v) is 11.1. The molecule has 1 saturated carbocycles. The summed E-state index contributed by atoms with van der Waals surface area (Å²) in [5.74, 6) is 1.63. The number of hydrogen-bond acceptors (Lipinski definition) is 4. The van der Waals surface area contributed by atoms with Crippen LogP contribution in [0.1, 0.15) is 37.3 Å². The Balaban J connectivity index is 2.13. The van der Waals surface area contributed by atoms with Crippen molar-refractivity contribution in [2.24, 2.45) is 4.99 Å². The molecular formula is C15H17NO3. The maximum Gasteiger partial charge on any atom is 0.235 e. The number of fused-ring (bicyclic) bond motifs is 1. The molecule has 1 aliphatic heterocycles. The van der Waals surface area contributed by atoms with Gasteiger partial charge in [0.15, 0.2) is 11.5 Å². The van der Waals surface area contributed by atoms with Gasteiger partial charge < -0.3 is 9.47 Å². The molecule has 19 heavy (non-hydrogen) atoms. The molecule has 0 saturated heterocycles. The third-order valence-corrected chi connectivity index (χ3v) is 4.11. The number of isocyanates is 1. The van der Waals surface area contributed by atoms with E-state index >= 15 is 0 Å². The molecule has 100 valence electrons. The molecule has 1 fully saturated rings. The summed E-state index contributed by atoms with van der Waals surface area (Å²) in [5, 5.41) is 0. The summed E-state index contributed by atoms with van der Waals surface area (Å²) in [6.45, 7) is 3.26. The monoisotopic (exact) mass is 259 g/mol. The van der Waals surface area contributed by atoms with Crippen LogP contribution >= 0.6 is 0 Å². The molecule has 0 N–H and O–H groups in total. The SMILES string of the molecule is CCc1c(C2(N=C=O)CCC2)ccc2c1OCCO2. The van der Waals surface area contributed by atoms with Crippen molar-refractivity contribution in [3.05, 3.63) is 23.3 Å². The summed E-state index contributed by atoms with van der Waals surface area (Å²) in [6.07, 6.45) is 5.51. The molecule has 1 aliphatic carbocycles. The molecule has 0 atom stereocenters. The lowest BCUT2D eigenvalue weighted by Crippen LogP contribution is -2.33. The first-order valence-electron chi connectivity index (χ1n) is 6.82. The molecule has 0 bridgehead atoms. The number of carbonyl (C=O) groups excluding carboxylic acids is 1.